The number of amides is 4. The summed E-state index contributed by atoms with van der Waals surface area (Å²) >= 11 is 7.57. The first-order chi connectivity index (χ1) is 67.8. The van der Waals surface area contributed by atoms with E-state index in [1.165, 1.54) is 67.6 Å². The number of rotatable bonds is 22. The quantitative estimate of drug-likeness (QED) is 0.0422. The number of thiazole rings is 4. The van der Waals surface area contributed by atoms with Crippen LogP contribution in [-0.4, -0.2) is 122 Å². The van der Waals surface area contributed by atoms with E-state index < -0.39 is 21.7 Å². The summed E-state index contributed by atoms with van der Waals surface area (Å²) in [5, 5.41) is 25.3. The van der Waals surface area contributed by atoms with Crippen LogP contribution in [0, 0.1) is 0 Å². The molecular weight excluding hydrogens is 1840 g/mol. The van der Waals surface area contributed by atoms with Gasteiger partial charge in [0.2, 0.25) is 50.8 Å². The van der Waals surface area contributed by atoms with Gasteiger partial charge in [0.15, 0.2) is 66.5 Å². The molecule has 139 heavy (non-hydrogen) atoms. The minimum Gasteiger partial charge on any atom is -0.454 e. The molecule has 0 spiro atoms. The summed E-state index contributed by atoms with van der Waals surface area (Å²) in [6, 6.07) is 66.0. The topological polar surface area (TPSA) is 266 Å². The van der Waals surface area contributed by atoms with Gasteiger partial charge in [0, 0.05) is 70.8 Å². The van der Waals surface area contributed by atoms with E-state index in [0.717, 1.165) is 132 Å². The number of benzene rings is 8. The smallest absolute Gasteiger partial charge is 0.236 e. The molecule has 23 nitrogen and oxygen atoms in total. The van der Waals surface area contributed by atoms with Crippen molar-refractivity contribution in [3.63, 3.8) is 0 Å². The number of nitrogens with one attached hydrogen (secondary N) is 5. The molecule has 8 aromatic carbocycles. The van der Waals surface area contributed by atoms with Crippen molar-refractivity contribution >= 4 is 101 Å². The summed E-state index contributed by atoms with van der Waals surface area (Å²) in [7, 11) is 7.95. The first kappa shape index (κ1) is 118. The van der Waals surface area contributed by atoms with Gasteiger partial charge in [0.05, 0.1) is 27.8 Å². The highest BCUT2D eigenvalue weighted by Gasteiger charge is 2.55. The van der Waals surface area contributed by atoms with Gasteiger partial charge in [-0.2, -0.15) is 11.8 Å². The molecule has 4 amide bonds. The van der Waals surface area contributed by atoms with E-state index in [2.05, 4.69) is 190 Å². The molecule has 12 aromatic rings. The van der Waals surface area contributed by atoms with E-state index in [4.69, 9.17) is 42.6 Å². The predicted molar refractivity (Wildman–Crippen MR) is 580 cm³/mol. The Morgan fingerprint density at radius 2 is 0.604 bits per heavy atom. The number of anilines is 4. The van der Waals surface area contributed by atoms with Gasteiger partial charge in [0.25, 0.3) is 0 Å². The Balaban J connectivity index is 0.000000278. The zero-order valence-corrected chi connectivity index (χ0v) is 90.5. The van der Waals surface area contributed by atoms with Crippen LogP contribution in [0.2, 0.25) is 0 Å². The summed E-state index contributed by atoms with van der Waals surface area (Å²) in [5.41, 5.74) is 7.63. The first-order valence-corrected chi connectivity index (χ1v) is 53.6. The van der Waals surface area contributed by atoms with Crippen molar-refractivity contribution < 1.29 is 61.8 Å². The largest absolute Gasteiger partial charge is 0.454 e. The third kappa shape index (κ3) is 35.8. The van der Waals surface area contributed by atoms with E-state index in [9.17, 15) is 19.2 Å². The van der Waals surface area contributed by atoms with E-state index in [0.29, 0.717) is 37.9 Å². The maximum Gasteiger partial charge on any atom is 0.236 e. The van der Waals surface area contributed by atoms with Gasteiger partial charge in [-0.15, -0.1) is 45.3 Å². The third-order valence-corrected chi connectivity index (χ3v) is 26.2. The van der Waals surface area contributed by atoms with Gasteiger partial charge in [0.1, 0.15) is 0 Å². The Morgan fingerprint density at radius 1 is 0.360 bits per heavy atom. The van der Waals surface area contributed by atoms with Crippen LogP contribution in [0.15, 0.2) is 240 Å². The van der Waals surface area contributed by atoms with Crippen molar-refractivity contribution in [3.8, 4) is 46.0 Å². The summed E-state index contributed by atoms with van der Waals surface area (Å²) in [5.74, 6) is 5.86. The highest BCUT2D eigenvalue weighted by molar-refractivity contribution is 7.98. The molecule has 0 bridgehead atoms. The highest BCUT2D eigenvalue weighted by Crippen LogP contribution is 2.55. The van der Waals surface area contributed by atoms with Crippen molar-refractivity contribution in [1.29, 1.82) is 0 Å². The van der Waals surface area contributed by atoms with Crippen molar-refractivity contribution in [3.05, 3.63) is 285 Å². The molecule has 4 aliphatic carbocycles. The number of nitrogens with zero attached hydrogens (tertiary/aromatic N) is 5. The summed E-state index contributed by atoms with van der Waals surface area (Å²) in [6.07, 6.45) is 18.1. The van der Waals surface area contributed by atoms with Crippen LogP contribution in [-0.2, 0) is 58.4 Å². The molecule has 4 aromatic heterocycles. The number of hydrogen-bond acceptors (Lipinski definition) is 24. The lowest BCUT2D eigenvalue weighted by Crippen LogP contribution is -2.27. The number of ether oxygens (including phenoxy) is 9. The molecular formula is C111H152N10O13S5. The number of carbonyl (C=O) groups excluding carboxylic acids is 4. The predicted octanol–water partition coefficient (Wildman–Crippen LogP) is 27.9. The normalized spacial score (nSPS) is 14.6. The van der Waals surface area contributed by atoms with Crippen molar-refractivity contribution in [2.75, 3.05) is 82.9 Å². The maximum absolute atomic E-state index is 12.5. The zero-order valence-electron chi connectivity index (χ0n) is 86.4. The van der Waals surface area contributed by atoms with Crippen molar-refractivity contribution in [2.45, 2.75) is 248 Å². The van der Waals surface area contributed by atoms with Crippen LogP contribution in [0.4, 0.5) is 20.5 Å². The van der Waals surface area contributed by atoms with Gasteiger partial charge in [-0.05, 0) is 212 Å². The van der Waals surface area contributed by atoms with Crippen molar-refractivity contribution in [1.82, 2.24) is 30.2 Å². The Hall–Kier alpha value is -11.2. The summed E-state index contributed by atoms with van der Waals surface area (Å²) in [6.45, 7) is 41.7. The second kappa shape index (κ2) is 64.2. The number of aromatic nitrogens is 4. The minimum atomic E-state index is -0.438. The van der Waals surface area contributed by atoms with Crippen LogP contribution in [0.3, 0.4) is 0 Å². The van der Waals surface area contributed by atoms with E-state index >= 15 is 0 Å². The van der Waals surface area contributed by atoms with E-state index in [1.54, 1.807) is 31.9 Å². The molecule has 754 valence electrons. The van der Waals surface area contributed by atoms with Crippen molar-refractivity contribution in [2.24, 2.45) is 0 Å². The first-order valence-electron chi connectivity index (χ1n) is 48.8. The average Bonchev–Trinajstić information content (AvgIpc) is 1.61. The second-order valence-corrected chi connectivity index (χ2v) is 35.5. The molecule has 4 unspecified atom stereocenters. The fourth-order valence-corrected chi connectivity index (χ4v) is 16.3. The number of likely N-dealkylation sites (N-methyl/N-ethyl adjacent to an activating group) is 2. The highest BCUT2D eigenvalue weighted by atomic mass is 32.2. The summed E-state index contributed by atoms with van der Waals surface area (Å²) in [4.78, 5) is 68.5. The third-order valence-electron chi connectivity index (χ3n) is 22.4. The lowest BCUT2D eigenvalue weighted by atomic mass is 9.94. The van der Waals surface area contributed by atoms with Gasteiger partial charge in [-0.25, -0.2) is 19.9 Å². The average molecular weight is 1990 g/mol. The van der Waals surface area contributed by atoms with Crippen LogP contribution in [0.1, 0.15) is 246 Å². The van der Waals surface area contributed by atoms with E-state index in [1.807, 2.05) is 255 Å². The van der Waals surface area contributed by atoms with Gasteiger partial charge in [-0.3, -0.25) is 19.2 Å². The number of thioether (sulfide) groups is 1. The molecule has 4 aliphatic heterocycles. The molecule has 8 aliphatic rings. The Morgan fingerprint density at radius 3 is 0.827 bits per heavy atom. The number of hydrogen-bond donors (Lipinski definition) is 5. The number of methoxy groups -OCH3 is 1. The lowest BCUT2D eigenvalue weighted by Gasteiger charge is -2.19. The molecule has 4 fully saturated rings. The fraction of sp³-hybridized carbons (Fsp3) is 0.423. The minimum absolute atomic E-state index is 0.00585. The lowest BCUT2D eigenvalue weighted by molar-refractivity contribution is -0.119. The molecule has 4 saturated carbocycles. The Labute approximate surface area is 848 Å². The zero-order chi connectivity index (χ0) is 102. The second-order valence-electron chi connectivity index (χ2n) is 30.7. The van der Waals surface area contributed by atoms with E-state index in [-0.39, 0.29) is 56.9 Å². The molecule has 8 heterocycles. The number of fused-ring (bicyclic) bond motifs is 4. The van der Waals surface area contributed by atoms with Crippen LogP contribution in [0.5, 0.6) is 46.0 Å². The van der Waals surface area contributed by atoms with Crippen LogP contribution < -0.4 is 64.5 Å². The molecule has 4 atom stereocenters. The molecule has 28 heteroatoms. The monoisotopic (exact) mass is 1990 g/mol. The summed E-state index contributed by atoms with van der Waals surface area (Å²) < 4.78 is 47.9. The van der Waals surface area contributed by atoms with Gasteiger partial charge >= 0.3 is 0 Å². The van der Waals surface area contributed by atoms with Crippen LogP contribution >= 0.6 is 57.1 Å². The molecule has 5 N–H and O–H groups in total. The van der Waals surface area contributed by atoms with Gasteiger partial charge in [-0.1, -0.05) is 256 Å². The fourth-order valence-electron chi connectivity index (χ4n) is 13.8. The molecule has 20 rings (SSSR count). The Kier molecular flexibility index (Phi) is 54.6. The molecule has 0 radical (unpaired) electrons. The molecule has 0 saturated heterocycles. The Bertz CT molecular complexity index is 4830. The maximum atomic E-state index is 12.5. The van der Waals surface area contributed by atoms with Crippen LogP contribution in [0.25, 0.3) is 0 Å². The standard InChI is InChI=1S/4C14H12N2O3S.C11H17N.C10H15N.C9H12O.C9H12S.8C2H6/c4*17-12(16-13-15-5-6-20-13)14(3-4-14)9-1-2-10-11(7-9)19-8-18-10;1-10(12(2)3)9-11-7-5-4-6-8-11;1-9(11-2)8-10-6-4-3-5-7-10;2*1-8(10-2)9-6-4-3-5-7-9;8*1-2/h4*1-2,5-7H,3-4,8H2,(H,15,16,17);4-8,10H,9H2,1-3H3;3-7,9,11H,8H2,1-2H3;2*3-8H,1-2H3;8*1-2H3. The SMILES string of the molecule is CC.CC.CC.CC.CC.CC.CC.CC.CC(Cc1ccccc1)N(C)C.CNC(C)Cc1ccccc1.COC(C)c1ccccc1.CSC(C)c1ccccc1.O=C(Nc1nccs1)C1(c2ccc3c(c2)OCO3)CC1.O=C(Nc1nccs1)C1(c2ccc3c(c2)OCO3)CC1.O=C(Nc1nccs1)C1(c2ccc3c(c2)OCO3)CC1.O=C(Nc1nccs1)C1(c2ccc3c(c2)OCO3)CC1. The number of carbonyl (C=O) groups is 4. The van der Waals surface area contributed by atoms with Gasteiger partial charge < -0.3 is 74.1 Å².